The zero-order valence-corrected chi connectivity index (χ0v) is 22.2. The zero-order valence-electron chi connectivity index (χ0n) is 22.2. The number of para-hydroxylation sites is 1. The third-order valence-electron chi connectivity index (χ3n) is 6.61. The van der Waals surface area contributed by atoms with E-state index in [4.69, 9.17) is 4.74 Å². The number of anilines is 1. The van der Waals surface area contributed by atoms with E-state index in [2.05, 4.69) is 33.0 Å². The second-order valence-corrected chi connectivity index (χ2v) is 9.36. The Balaban J connectivity index is 2.43. The third-order valence-corrected chi connectivity index (χ3v) is 6.61. The fraction of sp³-hybridized carbons (Fsp3) is 0.519. The SMILES string of the molecule is CCN(C(=O)Nc1c(C(C)C)cccc1C(C)C)C(C)C(=O)c1c(C)c(C(=O)OC)n(C)c1C. The van der Waals surface area contributed by atoms with E-state index in [9.17, 15) is 14.4 Å². The lowest BCUT2D eigenvalue weighted by Crippen LogP contribution is -2.45. The predicted molar refractivity (Wildman–Crippen MR) is 136 cm³/mol. The molecule has 0 radical (unpaired) electrons. The number of hydrogen-bond acceptors (Lipinski definition) is 4. The molecule has 186 valence electrons. The average molecular weight is 470 g/mol. The molecule has 2 rings (SSSR count). The van der Waals surface area contributed by atoms with E-state index in [-0.39, 0.29) is 23.7 Å². The molecule has 7 nitrogen and oxygen atoms in total. The van der Waals surface area contributed by atoms with Crippen LogP contribution in [0, 0.1) is 13.8 Å². The van der Waals surface area contributed by atoms with Crippen molar-refractivity contribution >= 4 is 23.5 Å². The number of methoxy groups -OCH3 is 1. The molecule has 0 aliphatic heterocycles. The summed E-state index contributed by atoms with van der Waals surface area (Å²) < 4.78 is 6.57. The molecule has 1 unspecified atom stereocenters. The number of amides is 2. The molecule has 34 heavy (non-hydrogen) atoms. The van der Waals surface area contributed by atoms with E-state index in [1.807, 2.05) is 25.1 Å². The van der Waals surface area contributed by atoms with Crippen molar-refractivity contribution in [2.24, 2.45) is 7.05 Å². The first-order valence-electron chi connectivity index (χ1n) is 11.9. The summed E-state index contributed by atoms with van der Waals surface area (Å²) in [5.41, 5.74) is 4.96. The van der Waals surface area contributed by atoms with Crippen LogP contribution in [-0.2, 0) is 11.8 Å². The van der Waals surface area contributed by atoms with Gasteiger partial charge in [-0.1, -0.05) is 45.9 Å². The number of carbonyl (C=O) groups excluding carboxylic acids is 3. The second-order valence-electron chi connectivity index (χ2n) is 9.36. The second kappa shape index (κ2) is 10.9. The maximum absolute atomic E-state index is 13.6. The number of hydrogen-bond donors (Lipinski definition) is 1. The van der Waals surface area contributed by atoms with Gasteiger partial charge >= 0.3 is 12.0 Å². The number of aromatic nitrogens is 1. The summed E-state index contributed by atoms with van der Waals surface area (Å²) in [7, 11) is 3.05. The molecule has 1 aromatic carbocycles. The number of nitrogens with one attached hydrogen (secondary N) is 1. The summed E-state index contributed by atoms with van der Waals surface area (Å²) in [5, 5.41) is 3.11. The fourth-order valence-corrected chi connectivity index (χ4v) is 4.54. The summed E-state index contributed by atoms with van der Waals surface area (Å²) in [6.07, 6.45) is 0. The van der Waals surface area contributed by atoms with E-state index in [0.29, 0.717) is 29.1 Å². The molecule has 1 heterocycles. The number of rotatable bonds is 8. The van der Waals surface area contributed by atoms with Gasteiger partial charge in [0.15, 0.2) is 5.78 Å². The van der Waals surface area contributed by atoms with Crippen molar-refractivity contribution in [1.29, 1.82) is 0 Å². The molecule has 2 aromatic rings. The first kappa shape index (κ1) is 27.2. The molecule has 0 spiro atoms. The minimum absolute atomic E-state index is 0.209. The van der Waals surface area contributed by atoms with Gasteiger partial charge in [0.2, 0.25) is 0 Å². The summed E-state index contributed by atoms with van der Waals surface area (Å²) in [5.74, 6) is -0.241. The van der Waals surface area contributed by atoms with E-state index in [1.165, 1.54) is 12.0 Å². The van der Waals surface area contributed by atoms with Crippen molar-refractivity contribution in [3.8, 4) is 0 Å². The lowest BCUT2D eigenvalue weighted by atomic mass is 9.92. The number of esters is 1. The Morgan fingerprint density at radius 2 is 1.56 bits per heavy atom. The number of likely N-dealkylation sites (N-methyl/N-ethyl adjacent to an activating group) is 1. The van der Waals surface area contributed by atoms with Crippen LogP contribution >= 0.6 is 0 Å². The highest BCUT2D eigenvalue weighted by molar-refractivity contribution is 6.07. The van der Waals surface area contributed by atoms with E-state index >= 15 is 0 Å². The average Bonchev–Trinajstić information content (AvgIpc) is 3.00. The van der Waals surface area contributed by atoms with Crippen LogP contribution in [0.25, 0.3) is 0 Å². The molecule has 1 N–H and O–H groups in total. The van der Waals surface area contributed by atoms with Crippen molar-refractivity contribution in [2.45, 2.75) is 73.3 Å². The molecule has 0 saturated carbocycles. The number of ether oxygens (including phenoxy) is 1. The summed E-state index contributed by atoms with van der Waals surface area (Å²) in [4.78, 5) is 40.8. The van der Waals surface area contributed by atoms with Crippen LogP contribution in [0.4, 0.5) is 10.5 Å². The largest absolute Gasteiger partial charge is 0.464 e. The molecule has 0 aliphatic rings. The van der Waals surface area contributed by atoms with Crippen LogP contribution in [-0.4, -0.2) is 46.9 Å². The zero-order chi connectivity index (χ0) is 25.9. The number of ketones is 1. The highest BCUT2D eigenvalue weighted by Gasteiger charge is 2.32. The molecular formula is C27H39N3O4. The van der Waals surface area contributed by atoms with Crippen LogP contribution in [0.5, 0.6) is 0 Å². The fourth-order valence-electron chi connectivity index (χ4n) is 4.54. The maximum atomic E-state index is 13.6. The Bertz CT molecular complexity index is 1060. The molecule has 1 aromatic heterocycles. The number of benzene rings is 1. The number of nitrogens with zero attached hydrogens (tertiary/aromatic N) is 2. The molecule has 1 atom stereocenters. The van der Waals surface area contributed by atoms with Gasteiger partial charge in [0.05, 0.1) is 13.2 Å². The first-order chi connectivity index (χ1) is 15.9. The smallest absolute Gasteiger partial charge is 0.354 e. The van der Waals surface area contributed by atoms with Gasteiger partial charge in [-0.25, -0.2) is 9.59 Å². The molecule has 7 heteroatoms. The lowest BCUT2D eigenvalue weighted by molar-refractivity contribution is 0.0588. The van der Waals surface area contributed by atoms with Crippen LogP contribution < -0.4 is 5.32 Å². The normalized spacial score (nSPS) is 12.1. The van der Waals surface area contributed by atoms with Crippen LogP contribution in [0.2, 0.25) is 0 Å². The van der Waals surface area contributed by atoms with Crippen molar-refractivity contribution < 1.29 is 19.1 Å². The number of Topliss-reactive ketones (excluding diaryl/α,β-unsaturated/α-hetero) is 1. The van der Waals surface area contributed by atoms with Gasteiger partial charge in [-0.3, -0.25) is 4.79 Å². The van der Waals surface area contributed by atoms with Gasteiger partial charge in [-0.15, -0.1) is 0 Å². The Kier molecular flexibility index (Phi) is 8.70. The molecular weight excluding hydrogens is 430 g/mol. The van der Waals surface area contributed by atoms with Gasteiger partial charge in [0, 0.05) is 30.5 Å². The lowest BCUT2D eigenvalue weighted by Gasteiger charge is -2.29. The van der Waals surface area contributed by atoms with Crippen molar-refractivity contribution in [2.75, 3.05) is 19.0 Å². The van der Waals surface area contributed by atoms with E-state index in [0.717, 1.165) is 16.8 Å². The standard InChI is InChI=1S/C27H39N3O4/c1-11-30(27(33)28-23-20(15(2)3)13-12-14-21(23)16(4)5)19(8)25(31)22-17(6)24(26(32)34-10)29(9)18(22)7/h12-16,19H,11H2,1-10H3,(H,28,33). The Morgan fingerprint density at radius 1 is 1.03 bits per heavy atom. The monoisotopic (exact) mass is 469 g/mol. The maximum Gasteiger partial charge on any atom is 0.354 e. The molecule has 0 aliphatic carbocycles. The minimum Gasteiger partial charge on any atom is -0.464 e. The summed E-state index contributed by atoms with van der Waals surface area (Å²) >= 11 is 0. The quantitative estimate of drug-likeness (QED) is 0.391. The highest BCUT2D eigenvalue weighted by atomic mass is 16.5. The van der Waals surface area contributed by atoms with Gasteiger partial charge < -0.3 is 19.5 Å². The summed E-state index contributed by atoms with van der Waals surface area (Å²) in [6.45, 7) is 15.9. The van der Waals surface area contributed by atoms with E-state index in [1.54, 1.807) is 32.4 Å². The summed E-state index contributed by atoms with van der Waals surface area (Å²) in [6, 6.07) is 5.04. The Hall–Kier alpha value is -3.09. The number of urea groups is 1. The van der Waals surface area contributed by atoms with Crippen LogP contribution in [0.1, 0.15) is 96.6 Å². The van der Waals surface area contributed by atoms with Crippen molar-refractivity contribution in [3.63, 3.8) is 0 Å². The van der Waals surface area contributed by atoms with E-state index < -0.39 is 12.0 Å². The van der Waals surface area contributed by atoms with Crippen LogP contribution in [0.15, 0.2) is 18.2 Å². The molecule has 0 bridgehead atoms. The Morgan fingerprint density at radius 3 is 2.00 bits per heavy atom. The van der Waals surface area contributed by atoms with Gasteiger partial charge in [0.25, 0.3) is 0 Å². The molecule has 0 saturated heterocycles. The first-order valence-corrected chi connectivity index (χ1v) is 11.9. The van der Waals surface area contributed by atoms with Gasteiger partial charge in [-0.2, -0.15) is 0 Å². The molecule has 2 amide bonds. The number of carbonyl (C=O) groups is 3. The van der Waals surface area contributed by atoms with Gasteiger partial charge in [-0.05, 0) is 56.2 Å². The van der Waals surface area contributed by atoms with Crippen molar-refractivity contribution in [1.82, 2.24) is 9.47 Å². The molecule has 0 fully saturated rings. The minimum atomic E-state index is -0.719. The van der Waals surface area contributed by atoms with Gasteiger partial charge in [0.1, 0.15) is 5.69 Å². The van der Waals surface area contributed by atoms with Crippen LogP contribution in [0.3, 0.4) is 0 Å². The topological polar surface area (TPSA) is 80.6 Å². The highest BCUT2D eigenvalue weighted by Crippen LogP contribution is 2.33. The van der Waals surface area contributed by atoms with Crippen molar-refractivity contribution in [3.05, 3.63) is 51.8 Å². The predicted octanol–water partition coefficient (Wildman–Crippen LogP) is 5.80. The Labute approximate surface area is 203 Å². The third kappa shape index (κ3) is 5.03.